The van der Waals surface area contributed by atoms with Crippen LogP contribution >= 0.6 is 22.9 Å². The van der Waals surface area contributed by atoms with Gasteiger partial charge in [0.25, 0.3) is 5.91 Å². The number of amides is 1. The minimum Gasteiger partial charge on any atom is -0.459 e. The number of esters is 1. The number of piperidine rings is 1. The molecular formula is C17H16ClNO5S. The first-order valence-corrected chi connectivity index (χ1v) is 9.02. The first-order valence-electron chi connectivity index (χ1n) is 7.82. The Balaban J connectivity index is 1.45. The molecule has 2 aromatic rings. The van der Waals surface area contributed by atoms with E-state index < -0.39 is 5.97 Å². The molecule has 0 spiro atoms. The lowest BCUT2D eigenvalue weighted by atomic mass is 9.97. The third kappa shape index (κ3) is 4.29. The molecule has 25 heavy (non-hydrogen) atoms. The highest BCUT2D eigenvalue weighted by atomic mass is 35.5. The summed E-state index contributed by atoms with van der Waals surface area (Å²) in [4.78, 5) is 38.4. The van der Waals surface area contributed by atoms with Gasteiger partial charge in [-0.2, -0.15) is 0 Å². The molecule has 0 aliphatic carbocycles. The number of carbonyl (C=O) groups excluding carboxylic acids is 3. The molecule has 1 amide bonds. The molecule has 0 unspecified atom stereocenters. The van der Waals surface area contributed by atoms with Crippen molar-refractivity contribution in [3.05, 3.63) is 45.5 Å². The number of ether oxygens (including phenoxy) is 1. The zero-order valence-corrected chi connectivity index (χ0v) is 14.8. The predicted molar refractivity (Wildman–Crippen MR) is 92.0 cm³/mol. The summed E-state index contributed by atoms with van der Waals surface area (Å²) in [6.45, 7) is 0.614. The van der Waals surface area contributed by atoms with Gasteiger partial charge in [0.1, 0.15) is 0 Å². The van der Waals surface area contributed by atoms with E-state index in [9.17, 15) is 14.4 Å². The first kappa shape index (κ1) is 17.7. The van der Waals surface area contributed by atoms with Gasteiger partial charge in [-0.3, -0.25) is 14.4 Å². The van der Waals surface area contributed by atoms with Crippen molar-refractivity contribution in [2.24, 2.45) is 5.92 Å². The lowest BCUT2D eigenvalue weighted by Crippen LogP contribution is -2.40. The molecule has 0 atom stereocenters. The smallest absolute Gasteiger partial charge is 0.309 e. The van der Waals surface area contributed by atoms with Crippen LogP contribution in [0.3, 0.4) is 0 Å². The minimum absolute atomic E-state index is 0.179. The van der Waals surface area contributed by atoms with Crippen LogP contribution in [0.4, 0.5) is 0 Å². The third-order valence-electron chi connectivity index (χ3n) is 4.04. The number of rotatable bonds is 5. The van der Waals surface area contributed by atoms with Gasteiger partial charge >= 0.3 is 5.97 Å². The van der Waals surface area contributed by atoms with Gasteiger partial charge in [0.05, 0.1) is 21.4 Å². The van der Waals surface area contributed by atoms with E-state index in [0.29, 0.717) is 40.9 Å². The number of thiophene rings is 1. The second kappa shape index (κ2) is 7.84. The fourth-order valence-corrected chi connectivity index (χ4v) is 3.63. The fraction of sp³-hybridized carbons (Fsp3) is 0.353. The van der Waals surface area contributed by atoms with E-state index in [1.807, 2.05) is 0 Å². The van der Waals surface area contributed by atoms with E-state index in [0.717, 1.165) is 11.3 Å². The van der Waals surface area contributed by atoms with Crippen LogP contribution < -0.4 is 0 Å². The van der Waals surface area contributed by atoms with E-state index in [1.165, 1.54) is 6.26 Å². The van der Waals surface area contributed by atoms with Crippen LogP contribution in [0, 0.1) is 5.92 Å². The van der Waals surface area contributed by atoms with Gasteiger partial charge in [-0.15, -0.1) is 11.3 Å². The van der Waals surface area contributed by atoms with Crippen LogP contribution in [-0.2, 0) is 9.53 Å². The fourth-order valence-electron chi connectivity index (χ4n) is 2.66. The molecule has 3 rings (SSSR count). The molecular weight excluding hydrogens is 366 g/mol. The molecule has 8 heteroatoms. The van der Waals surface area contributed by atoms with Gasteiger partial charge in [-0.05, 0) is 37.1 Å². The van der Waals surface area contributed by atoms with Crippen molar-refractivity contribution in [3.8, 4) is 0 Å². The van der Waals surface area contributed by atoms with Crippen LogP contribution in [0.1, 0.15) is 33.1 Å². The largest absolute Gasteiger partial charge is 0.459 e. The Hall–Kier alpha value is -2.12. The molecule has 1 fully saturated rings. The van der Waals surface area contributed by atoms with Crippen LogP contribution in [-0.4, -0.2) is 42.3 Å². The SMILES string of the molecule is O=C(COC(=O)C1CCN(C(=O)c2ccco2)CC1)c1ccc(Cl)s1. The summed E-state index contributed by atoms with van der Waals surface area (Å²) < 4.78 is 10.7. The Morgan fingerprint density at radius 3 is 2.60 bits per heavy atom. The zero-order chi connectivity index (χ0) is 17.8. The maximum atomic E-state index is 12.2. The van der Waals surface area contributed by atoms with E-state index in [4.69, 9.17) is 20.8 Å². The molecule has 6 nitrogen and oxygen atoms in total. The summed E-state index contributed by atoms with van der Waals surface area (Å²) in [6.07, 6.45) is 2.46. The molecule has 3 heterocycles. The second-order valence-electron chi connectivity index (χ2n) is 5.68. The third-order valence-corrected chi connectivity index (χ3v) is 5.31. The molecule has 0 saturated carbocycles. The lowest BCUT2D eigenvalue weighted by Gasteiger charge is -2.30. The summed E-state index contributed by atoms with van der Waals surface area (Å²) in [7, 11) is 0. The molecule has 1 aliphatic heterocycles. The van der Waals surface area contributed by atoms with Crippen molar-refractivity contribution in [1.29, 1.82) is 0 Å². The summed E-state index contributed by atoms with van der Waals surface area (Å²) in [5, 5.41) is 0. The van der Waals surface area contributed by atoms with Gasteiger partial charge < -0.3 is 14.1 Å². The highest BCUT2D eigenvalue weighted by Gasteiger charge is 2.30. The average Bonchev–Trinajstić information content (AvgIpc) is 3.30. The molecule has 0 N–H and O–H groups in total. The molecule has 0 bridgehead atoms. The number of carbonyl (C=O) groups is 3. The van der Waals surface area contributed by atoms with Crippen molar-refractivity contribution in [2.45, 2.75) is 12.8 Å². The number of hydrogen-bond acceptors (Lipinski definition) is 6. The van der Waals surface area contributed by atoms with E-state index in [1.54, 1.807) is 29.2 Å². The van der Waals surface area contributed by atoms with Gasteiger partial charge in [0.2, 0.25) is 5.78 Å². The first-order chi connectivity index (χ1) is 12.0. The van der Waals surface area contributed by atoms with Crippen LogP contribution in [0.15, 0.2) is 34.9 Å². The number of ketones is 1. The molecule has 1 aliphatic rings. The average molecular weight is 382 g/mol. The highest BCUT2D eigenvalue weighted by Crippen LogP contribution is 2.23. The number of likely N-dealkylation sites (tertiary alicyclic amines) is 1. The molecule has 1 saturated heterocycles. The summed E-state index contributed by atoms with van der Waals surface area (Å²) in [6, 6.07) is 6.52. The van der Waals surface area contributed by atoms with E-state index >= 15 is 0 Å². The number of hydrogen-bond donors (Lipinski definition) is 0. The number of halogens is 1. The predicted octanol–water partition coefficient (Wildman–Crippen LogP) is 3.27. The van der Waals surface area contributed by atoms with E-state index in [-0.39, 0.29) is 24.2 Å². The molecule has 132 valence electrons. The Morgan fingerprint density at radius 1 is 1.24 bits per heavy atom. The van der Waals surface area contributed by atoms with Crippen LogP contribution in [0.25, 0.3) is 0 Å². The number of Topliss-reactive ketones (excluding diaryl/α,β-unsaturated/α-hetero) is 1. The lowest BCUT2D eigenvalue weighted by molar-refractivity contribution is -0.148. The topological polar surface area (TPSA) is 76.8 Å². The van der Waals surface area contributed by atoms with Gasteiger partial charge in [-0.25, -0.2) is 0 Å². The second-order valence-corrected chi connectivity index (χ2v) is 7.39. The Morgan fingerprint density at radius 2 is 2.00 bits per heavy atom. The summed E-state index contributed by atoms with van der Waals surface area (Å²) >= 11 is 6.94. The van der Waals surface area contributed by atoms with Crippen LogP contribution in [0.2, 0.25) is 4.34 Å². The summed E-state index contributed by atoms with van der Waals surface area (Å²) in [5.74, 6) is -0.861. The Bertz CT molecular complexity index is 762. The van der Waals surface area contributed by atoms with Crippen molar-refractivity contribution < 1.29 is 23.5 Å². The van der Waals surface area contributed by atoms with Crippen molar-refractivity contribution in [1.82, 2.24) is 4.90 Å². The van der Waals surface area contributed by atoms with Crippen LogP contribution in [0.5, 0.6) is 0 Å². The normalized spacial score (nSPS) is 15.2. The van der Waals surface area contributed by atoms with Crippen molar-refractivity contribution in [3.63, 3.8) is 0 Å². The molecule has 2 aromatic heterocycles. The molecule has 0 radical (unpaired) electrons. The quantitative estimate of drug-likeness (QED) is 0.586. The number of nitrogens with zero attached hydrogens (tertiary/aromatic N) is 1. The van der Waals surface area contributed by atoms with Gasteiger partial charge in [-0.1, -0.05) is 11.6 Å². The van der Waals surface area contributed by atoms with Gasteiger partial charge in [0.15, 0.2) is 12.4 Å². The van der Waals surface area contributed by atoms with Crippen molar-refractivity contribution in [2.75, 3.05) is 19.7 Å². The monoisotopic (exact) mass is 381 g/mol. The number of furan rings is 1. The summed E-state index contributed by atoms with van der Waals surface area (Å²) in [5.41, 5.74) is 0. The van der Waals surface area contributed by atoms with Crippen molar-refractivity contribution >= 4 is 40.6 Å². The highest BCUT2D eigenvalue weighted by molar-refractivity contribution is 7.18. The Labute approximate surface area is 153 Å². The maximum Gasteiger partial charge on any atom is 0.309 e. The maximum absolute atomic E-state index is 12.2. The standard InChI is InChI=1S/C17H16ClNO5S/c18-15-4-3-14(25-15)12(20)10-24-17(22)11-5-7-19(8-6-11)16(21)13-2-1-9-23-13/h1-4,9,11H,5-8,10H2. The zero-order valence-electron chi connectivity index (χ0n) is 13.3. The minimum atomic E-state index is -0.402. The van der Waals surface area contributed by atoms with Gasteiger partial charge in [0, 0.05) is 13.1 Å². The Kier molecular flexibility index (Phi) is 5.55. The molecule has 0 aromatic carbocycles. The van der Waals surface area contributed by atoms with E-state index in [2.05, 4.69) is 0 Å².